The van der Waals surface area contributed by atoms with Gasteiger partial charge >= 0.3 is 0 Å². The molecule has 0 radical (unpaired) electrons. The van der Waals surface area contributed by atoms with Gasteiger partial charge in [0.2, 0.25) is 10.0 Å². The van der Waals surface area contributed by atoms with Crippen molar-refractivity contribution in [1.29, 1.82) is 0 Å². The topological polar surface area (TPSA) is 82.6 Å². The normalized spacial score (nSPS) is 22.2. The van der Waals surface area contributed by atoms with Crippen molar-refractivity contribution in [1.82, 2.24) is 15.4 Å². The average molecular weight is 353 g/mol. The van der Waals surface area contributed by atoms with Crippen LogP contribution >= 0.6 is 0 Å². The lowest BCUT2D eigenvalue weighted by Crippen LogP contribution is -2.44. The second-order valence-corrected chi connectivity index (χ2v) is 8.26. The molecule has 0 heterocycles. The van der Waals surface area contributed by atoms with Gasteiger partial charge in [0.05, 0.1) is 4.90 Å². The van der Waals surface area contributed by atoms with E-state index in [2.05, 4.69) is 27.3 Å². The maximum atomic E-state index is 11.7. The molecule has 0 aromatic heterocycles. The molecule has 134 valence electrons. The van der Waals surface area contributed by atoms with Crippen molar-refractivity contribution < 1.29 is 8.42 Å². The van der Waals surface area contributed by atoms with Crippen LogP contribution in [0.5, 0.6) is 0 Å². The Morgan fingerprint density at radius 3 is 2.33 bits per heavy atom. The molecule has 1 aliphatic rings. The second kappa shape index (κ2) is 8.48. The standard InChI is InChI=1S/C17H28N4O2S/c1-13-4-8-15(9-5-13)21-17(18-2)20-12-14-6-10-16(11-7-14)24(22,23)19-3/h6-7,10-11,13,15,19H,4-5,8-9,12H2,1-3H3,(H2,18,20,21). The number of aliphatic imine (C=N–C) groups is 1. The van der Waals surface area contributed by atoms with E-state index in [-0.39, 0.29) is 4.90 Å². The van der Waals surface area contributed by atoms with Crippen LogP contribution in [0.3, 0.4) is 0 Å². The molecule has 0 saturated heterocycles. The largest absolute Gasteiger partial charge is 0.354 e. The van der Waals surface area contributed by atoms with Gasteiger partial charge in [-0.25, -0.2) is 13.1 Å². The number of rotatable bonds is 5. The number of hydrogen-bond donors (Lipinski definition) is 3. The molecule has 2 rings (SSSR count). The lowest BCUT2D eigenvalue weighted by Gasteiger charge is -2.28. The summed E-state index contributed by atoms with van der Waals surface area (Å²) >= 11 is 0. The van der Waals surface area contributed by atoms with Gasteiger partial charge in [-0.05, 0) is 56.3 Å². The van der Waals surface area contributed by atoms with Crippen LogP contribution in [0, 0.1) is 5.92 Å². The third-order valence-electron chi connectivity index (χ3n) is 4.54. The van der Waals surface area contributed by atoms with Crippen molar-refractivity contribution in [2.45, 2.75) is 50.1 Å². The minimum Gasteiger partial charge on any atom is -0.354 e. The average Bonchev–Trinajstić information content (AvgIpc) is 2.60. The van der Waals surface area contributed by atoms with Gasteiger partial charge in [-0.2, -0.15) is 0 Å². The van der Waals surface area contributed by atoms with Crippen molar-refractivity contribution in [3.05, 3.63) is 29.8 Å². The first-order valence-corrected chi connectivity index (χ1v) is 9.92. The number of guanidine groups is 1. The molecule has 1 saturated carbocycles. The third-order valence-corrected chi connectivity index (χ3v) is 5.97. The van der Waals surface area contributed by atoms with Crippen molar-refractivity contribution in [2.24, 2.45) is 10.9 Å². The van der Waals surface area contributed by atoms with Crippen LogP contribution in [0.15, 0.2) is 34.2 Å². The molecule has 0 bridgehead atoms. The zero-order valence-electron chi connectivity index (χ0n) is 14.7. The summed E-state index contributed by atoms with van der Waals surface area (Å²) in [5, 5.41) is 6.76. The maximum absolute atomic E-state index is 11.7. The monoisotopic (exact) mass is 352 g/mol. The minimum absolute atomic E-state index is 0.271. The molecule has 0 aliphatic heterocycles. The Kier molecular flexibility index (Phi) is 6.62. The number of sulfonamides is 1. The van der Waals surface area contributed by atoms with Crippen LogP contribution in [0.4, 0.5) is 0 Å². The number of nitrogens with zero attached hydrogens (tertiary/aromatic N) is 1. The molecular weight excluding hydrogens is 324 g/mol. The first-order valence-electron chi connectivity index (χ1n) is 8.44. The maximum Gasteiger partial charge on any atom is 0.240 e. The predicted molar refractivity (Wildman–Crippen MR) is 97.4 cm³/mol. The fourth-order valence-corrected chi connectivity index (χ4v) is 3.61. The summed E-state index contributed by atoms with van der Waals surface area (Å²) in [5.41, 5.74) is 1.00. The molecule has 1 fully saturated rings. The molecule has 1 aromatic carbocycles. The van der Waals surface area contributed by atoms with Gasteiger partial charge in [-0.1, -0.05) is 19.1 Å². The third kappa shape index (κ3) is 5.21. The number of nitrogens with one attached hydrogen (secondary N) is 3. The van der Waals surface area contributed by atoms with Crippen molar-refractivity contribution in [3.63, 3.8) is 0 Å². The molecule has 0 atom stereocenters. The highest BCUT2D eigenvalue weighted by molar-refractivity contribution is 7.89. The van der Waals surface area contributed by atoms with Crippen LogP contribution in [-0.2, 0) is 16.6 Å². The second-order valence-electron chi connectivity index (χ2n) is 6.38. The highest BCUT2D eigenvalue weighted by Crippen LogP contribution is 2.23. The quantitative estimate of drug-likeness (QED) is 0.558. The number of benzene rings is 1. The molecule has 3 N–H and O–H groups in total. The van der Waals surface area contributed by atoms with Crippen molar-refractivity contribution >= 4 is 16.0 Å². The highest BCUT2D eigenvalue weighted by atomic mass is 32.2. The van der Waals surface area contributed by atoms with Gasteiger partial charge in [0.15, 0.2) is 5.96 Å². The van der Waals surface area contributed by atoms with E-state index in [0.717, 1.165) is 17.4 Å². The molecule has 7 heteroatoms. The van der Waals surface area contributed by atoms with Crippen LogP contribution in [-0.4, -0.2) is 34.5 Å². The summed E-state index contributed by atoms with van der Waals surface area (Å²) < 4.78 is 25.7. The molecule has 0 unspecified atom stereocenters. The Labute approximate surface area is 145 Å². The van der Waals surface area contributed by atoms with Gasteiger partial charge in [0.25, 0.3) is 0 Å². The molecule has 1 aliphatic carbocycles. The molecule has 1 aromatic rings. The van der Waals surface area contributed by atoms with E-state index in [9.17, 15) is 8.42 Å². The summed E-state index contributed by atoms with van der Waals surface area (Å²) in [6.45, 7) is 2.91. The van der Waals surface area contributed by atoms with Crippen LogP contribution in [0.1, 0.15) is 38.2 Å². The van der Waals surface area contributed by atoms with Crippen molar-refractivity contribution in [3.8, 4) is 0 Å². The SMILES string of the molecule is CN=C(NCc1ccc(S(=O)(=O)NC)cc1)NC1CCC(C)CC1. The Balaban J connectivity index is 1.87. The van der Waals surface area contributed by atoms with Gasteiger partial charge in [0, 0.05) is 19.6 Å². The molecular formula is C17H28N4O2S. The first kappa shape index (κ1) is 18.7. The van der Waals surface area contributed by atoms with E-state index >= 15 is 0 Å². The fraction of sp³-hybridized carbons (Fsp3) is 0.588. The molecule has 6 nitrogen and oxygen atoms in total. The van der Waals surface area contributed by atoms with Gasteiger partial charge in [-0.3, -0.25) is 4.99 Å². The lowest BCUT2D eigenvalue weighted by molar-refractivity contribution is 0.329. The Bertz CT molecular complexity index is 648. The predicted octanol–water partition coefficient (Wildman–Crippen LogP) is 1.84. The summed E-state index contributed by atoms with van der Waals surface area (Å²) in [7, 11) is -0.205. The summed E-state index contributed by atoms with van der Waals surface area (Å²) in [6, 6.07) is 7.33. The Hall–Kier alpha value is -1.60. The van der Waals surface area contributed by atoms with Gasteiger partial charge in [0.1, 0.15) is 0 Å². The van der Waals surface area contributed by atoms with Crippen LogP contribution in [0.25, 0.3) is 0 Å². The lowest BCUT2D eigenvalue weighted by atomic mass is 9.87. The van der Waals surface area contributed by atoms with Crippen LogP contribution < -0.4 is 15.4 Å². The zero-order valence-corrected chi connectivity index (χ0v) is 15.5. The van der Waals surface area contributed by atoms with E-state index in [1.165, 1.54) is 32.7 Å². The molecule has 24 heavy (non-hydrogen) atoms. The smallest absolute Gasteiger partial charge is 0.240 e. The zero-order chi connectivity index (χ0) is 17.6. The Morgan fingerprint density at radius 1 is 1.17 bits per heavy atom. The summed E-state index contributed by atoms with van der Waals surface area (Å²) in [5.74, 6) is 1.62. The van der Waals surface area contributed by atoms with Gasteiger partial charge < -0.3 is 10.6 Å². The summed E-state index contributed by atoms with van der Waals surface area (Å²) in [6.07, 6.45) is 4.88. The highest BCUT2D eigenvalue weighted by Gasteiger charge is 2.18. The van der Waals surface area contributed by atoms with Gasteiger partial charge in [-0.15, -0.1) is 0 Å². The van der Waals surface area contributed by atoms with E-state index in [1.54, 1.807) is 19.2 Å². The number of hydrogen-bond acceptors (Lipinski definition) is 3. The first-order chi connectivity index (χ1) is 11.4. The van der Waals surface area contributed by atoms with E-state index in [1.807, 2.05) is 12.1 Å². The van der Waals surface area contributed by atoms with Crippen molar-refractivity contribution in [2.75, 3.05) is 14.1 Å². The minimum atomic E-state index is -3.38. The van der Waals surface area contributed by atoms with E-state index in [4.69, 9.17) is 0 Å². The Morgan fingerprint density at radius 2 is 1.79 bits per heavy atom. The molecule has 0 amide bonds. The molecule has 0 spiro atoms. The summed E-state index contributed by atoms with van der Waals surface area (Å²) in [4.78, 5) is 4.55. The van der Waals surface area contributed by atoms with E-state index in [0.29, 0.717) is 12.6 Å². The fourth-order valence-electron chi connectivity index (χ4n) is 2.88. The van der Waals surface area contributed by atoms with E-state index < -0.39 is 10.0 Å². The van der Waals surface area contributed by atoms with Crippen LogP contribution in [0.2, 0.25) is 0 Å².